The van der Waals surface area contributed by atoms with E-state index in [9.17, 15) is 9.59 Å². The first-order valence-electron chi connectivity index (χ1n) is 5.14. The number of aromatic carboxylic acids is 1. The molecule has 0 unspecified atom stereocenters. The molecule has 0 bridgehead atoms. The molecular formula is C11H11N3O3S. The maximum absolute atomic E-state index is 12.0. The third kappa shape index (κ3) is 2.12. The van der Waals surface area contributed by atoms with Gasteiger partial charge < -0.3 is 10.4 Å². The van der Waals surface area contributed by atoms with Crippen LogP contribution in [0.5, 0.6) is 0 Å². The van der Waals surface area contributed by atoms with E-state index < -0.39 is 5.97 Å². The number of H-pyrrole nitrogens is 1. The van der Waals surface area contributed by atoms with Gasteiger partial charge in [0.05, 0.1) is 16.9 Å². The van der Waals surface area contributed by atoms with E-state index in [1.54, 1.807) is 25.3 Å². The zero-order chi connectivity index (χ0) is 13.3. The number of carbonyl (C=O) groups excluding carboxylic acids is 1. The topological polar surface area (TPSA) is 95.1 Å². The van der Waals surface area contributed by atoms with E-state index in [0.717, 1.165) is 11.3 Å². The number of nitrogens with one attached hydrogen (secondary N) is 2. The van der Waals surface area contributed by atoms with Crippen molar-refractivity contribution in [3.63, 3.8) is 0 Å². The van der Waals surface area contributed by atoms with Gasteiger partial charge in [-0.2, -0.15) is 5.10 Å². The summed E-state index contributed by atoms with van der Waals surface area (Å²) in [6.07, 6.45) is 0. The lowest BCUT2D eigenvalue weighted by Gasteiger charge is -2.04. The maximum Gasteiger partial charge on any atom is 0.348 e. The summed E-state index contributed by atoms with van der Waals surface area (Å²) < 4.78 is 0. The molecule has 0 fully saturated rings. The Kier molecular flexibility index (Phi) is 3.15. The molecule has 94 valence electrons. The van der Waals surface area contributed by atoms with Gasteiger partial charge in [-0.3, -0.25) is 9.89 Å². The summed E-state index contributed by atoms with van der Waals surface area (Å²) in [6, 6.07) is 1.57. The summed E-state index contributed by atoms with van der Waals surface area (Å²) in [5.74, 6) is -1.42. The minimum absolute atomic E-state index is 0.113. The number of hydrogen-bond donors (Lipinski definition) is 3. The third-order valence-corrected chi connectivity index (χ3v) is 3.37. The second kappa shape index (κ2) is 4.61. The average Bonchev–Trinajstić information content (AvgIpc) is 2.86. The molecule has 18 heavy (non-hydrogen) atoms. The normalized spacial score (nSPS) is 10.3. The molecule has 2 heterocycles. The summed E-state index contributed by atoms with van der Waals surface area (Å²) in [4.78, 5) is 23.1. The molecule has 6 nitrogen and oxygen atoms in total. The minimum Gasteiger partial charge on any atom is -0.477 e. The Morgan fingerprint density at radius 3 is 2.72 bits per heavy atom. The highest BCUT2D eigenvalue weighted by Crippen LogP contribution is 2.23. The van der Waals surface area contributed by atoms with Crippen LogP contribution in [0.2, 0.25) is 0 Å². The number of carboxylic acid groups (broad SMARTS) is 1. The Hall–Kier alpha value is -2.15. The number of amides is 1. The Bertz CT molecular complexity index is 595. The fourth-order valence-electron chi connectivity index (χ4n) is 1.64. The van der Waals surface area contributed by atoms with Crippen LogP contribution in [0.1, 0.15) is 31.4 Å². The first kappa shape index (κ1) is 12.3. The van der Waals surface area contributed by atoms with Crippen molar-refractivity contribution in [1.29, 1.82) is 0 Å². The van der Waals surface area contributed by atoms with Gasteiger partial charge in [0.25, 0.3) is 5.91 Å². The van der Waals surface area contributed by atoms with Crippen molar-refractivity contribution in [2.45, 2.75) is 13.8 Å². The number of aromatic amines is 1. The molecule has 0 aliphatic heterocycles. The van der Waals surface area contributed by atoms with Crippen molar-refractivity contribution >= 4 is 28.9 Å². The van der Waals surface area contributed by atoms with Crippen molar-refractivity contribution in [2.24, 2.45) is 0 Å². The van der Waals surface area contributed by atoms with Crippen LogP contribution < -0.4 is 5.32 Å². The van der Waals surface area contributed by atoms with Gasteiger partial charge in [-0.1, -0.05) is 0 Å². The molecule has 0 aliphatic carbocycles. The van der Waals surface area contributed by atoms with Crippen LogP contribution in [0.4, 0.5) is 5.69 Å². The van der Waals surface area contributed by atoms with Gasteiger partial charge in [0.2, 0.25) is 0 Å². The van der Waals surface area contributed by atoms with E-state index in [4.69, 9.17) is 5.11 Å². The van der Waals surface area contributed by atoms with E-state index in [1.165, 1.54) is 0 Å². The SMILES string of the molecule is Cc1n[nH]c(C)c1C(=O)Nc1ccsc1C(=O)O. The molecule has 3 N–H and O–H groups in total. The second-order valence-electron chi connectivity index (χ2n) is 3.73. The number of nitrogens with zero attached hydrogens (tertiary/aromatic N) is 1. The van der Waals surface area contributed by atoms with Gasteiger partial charge in [-0.25, -0.2) is 4.79 Å². The Balaban J connectivity index is 2.27. The maximum atomic E-state index is 12.0. The molecule has 2 aromatic heterocycles. The smallest absolute Gasteiger partial charge is 0.348 e. The summed E-state index contributed by atoms with van der Waals surface area (Å²) in [5, 5.41) is 19.8. The van der Waals surface area contributed by atoms with Gasteiger partial charge in [0, 0.05) is 5.69 Å². The number of hydrogen-bond acceptors (Lipinski definition) is 4. The second-order valence-corrected chi connectivity index (χ2v) is 4.65. The quantitative estimate of drug-likeness (QED) is 0.791. The van der Waals surface area contributed by atoms with Gasteiger partial charge in [0.15, 0.2) is 0 Å². The average molecular weight is 265 g/mol. The zero-order valence-corrected chi connectivity index (χ0v) is 10.6. The fraction of sp³-hybridized carbons (Fsp3) is 0.182. The number of thiophene rings is 1. The molecule has 0 aromatic carbocycles. The largest absolute Gasteiger partial charge is 0.477 e. The number of rotatable bonds is 3. The van der Waals surface area contributed by atoms with Crippen molar-refractivity contribution in [2.75, 3.05) is 5.32 Å². The Morgan fingerprint density at radius 2 is 2.17 bits per heavy atom. The van der Waals surface area contributed by atoms with Crippen LogP contribution in [0, 0.1) is 13.8 Å². The molecule has 0 aliphatic rings. The number of carbonyl (C=O) groups is 2. The molecule has 7 heteroatoms. The summed E-state index contributed by atoms with van der Waals surface area (Å²) in [7, 11) is 0. The predicted octanol–water partition coefficient (Wildman–Crippen LogP) is 2.04. The highest BCUT2D eigenvalue weighted by atomic mass is 32.1. The number of anilines is 1. The lowest BCUT2D eigenvalue weighted by Crippen LogP contribution is -2.15. The summed E-state index contributed by atoms with van der Waals surface area (Å²) in [6.45, 7) is 3.45. The van der Waals surface area contributed by atoms with Crippen LogP contribution in [-0.4, -0.2) is 27.2 Å². The van der Waals surface area contributed by atoms with E-state index in [0.29, 0.717) is 22.6 Å². The first-order chi connectivity index (χ1) is 8.50. The van der Waals surface area contributed by atoms with Crippen molar-refractivity contribution in [3.8, 4) is 0 Å². The van der Waals surface area contributed by atoms with E-state index in [2.05, 4.69) is 15.5 Å². The predicted molar refractivity (Wildman–Crippen MR) is 67.3 cm³/mol. The molecular weight excluding hydrogens is 254 g/mol. The first-order valence-corrected chi connectivity index (χ1v) is 6.02. The van der Waals surface area contributed by atoms with Gasteiger partial charge in [-0.05, 0) is 25.3 Å². The van der Waals surface area contributed by atoms with E-state index in [1.807, 2.05) is 0 Å². The third-order valence-electron chi connectivity index (χ3n) is 2.46. The van der Waals surface area contributed by atoms with E-state index in [-0.39, 0.29) is 10.8 Å². The van der Waals surface area contributed by atoms with Crippen LogP contribution in [0.3, 0.4) is 0 Å². The molecule has 2 aromatic rings. The fourth-order valence-corrected chi connectivity index (χ4v) is 2.33. The van der Waals surface area contributed by atoms with Crippen LogP contribution in [0.15, 0.2) is 11.4 Å². The van der Waals surface area contributed by atoms with Crippen LogP contribution in [0.25, 0.3) is 0 Å². The van der Waals surface area contributed by atoms with Crippen molar-refractivity contribution < 1.29 is 14.7 Å². The number of aryl methyl sites for hydroxylation is 2. The van der Waals surface area contributed by atoms with Gasteiger partial charge in [-0.15, -0.1) is 11.3 Å². The summed E-state index contributed by atoms with van der Waals surface area (Å²) in [5.41, 5.74) is 1.98. The van der Waals surface area contributed by atoms with Gasteiger partial charge >= 0.3 is 5.97 Å². The van der Waals surface area contributed by atoms with E-state index >= 15 is 0 Å². The van der Waals surface area contributed by atoms with Gasteiger partial charge in [0.1, 0.15) is 4.88 Å². The van der Waals surface area contributed by atoms with Crippen molar-refractivity contribution in [3.05, 3.63) is 33.3 Å². The molecule has 1 amide bonds. The molecule has 0 saturated heterocycles. The molecule has 0 spiro atoms. The minimum atomic E-state index is -1.05. The van der Waals surface area contributed by atoms with Crippen LogP contribution >= 0.6 is 11.3 Å². The highest BCUT2D eigenvalue weighted by molar-refractivity contribution is 7.12. The lowest BCUT2D eigenvalue weighted by molar-refractivity contribution is 0.0703. The highest BCUT2D eigenvalue weighted by Gasteiger charge is 2.19. The van der Waals surface area contributed by atoms with Crippen LogP contribution in [-0.2, 0) is 0 Å². The van der Waals surface area contributed by atoms with Crippen molar-refractivity contribution in [1.82, 2.24) is 10.2 Å². The summed E-state index contributed by atoms with van der Waals surface area (Å²) >= 11 is 1.07. The lowest BCUT2D eigenvalue weighted by atomic mass is 10.2. The number of carboxylic acids is 1. The Labute approximate surface area is 107 Å². The molecule has 0 saturated carbocycles. The molecule has 0 atom stereocenters. The zero-order valence-electron chi connectivity index (χ0n) is 9.77. The molecule has 2 rings (SSSR count). The Morgan fingerprint density at radius 1 is 1.44 bits per heavy atom. The number of aromatic nitrogens is 2. The standard InChI is InChI=1S/C11H11N3O3S/c1-5-8(6(2)14-13-5)10(15)12-7-3-4-18-9(7)11(16)17/h3-4H,1-2H3,(H,12,15)(H,13,14)(H,16,17). The monoisotopic (exact) mass is 265 g/mol. The molecule has 0 radical (unpaired) electrons.